The zero-order chi connectivity index (χ0) is 9.76. The number of methoxy groups -OCH3 is 1. The number of piperidine rings is 2. The highest BCUT2D eigenvalue weighted by Crippen LogP contribution is 2.53. The van der Waals surface area contributed by atoms with Crippen molar-refractivity contribution in [1.29, 1.82) is 0 Å². The Morgan fingerprint density at radius 2 is 1.87 bits per heavy atom. The molecular weight excluding hydrogens is 214 g/mol. The first-order valence-electron chi connectivity index (χ1n) is 5.56. The van der Waals surface area contributed by atoms with Crippen LogP contribution in [0.1, 0.15) is 32.1 Å². The van der Waals surface area contributed by atoms with Gasteiger partial charge in [0, 0.05) is 12.1 Å². The number of esters is 1. The van der Waals surface area contributed by atoms with Crippen molar-refractivity contribution < 1.29 is 9.53 Å². The lowest BCUT2D eigenvalue weighted by atomic mass is 9.56. The SMILES string of the molecule is COC(=O)C12CC3C[C@H](C1)N[C@@H](C3)C2.Cl. The Labute approximate surface area is 96.3 Å². The van der Waals surface area contributed by atoms with Gasteiger partial charge in [0.1, 0.15) is 0 Å². The summed E-state index contributed by atoms with van der Waals surface area (Å²) in [6.07, 6.45) is 5.64. The van der Waals surface area contributed by atoms with E-state index >= 15 is 0 Å². The summed E-state index contributed by atoms with van der Waals surface area (Å²) >= 11 is 0. The monoisotopic (exact) mass is 231 g/mol. The number of carbonyl (C=O) groups is 1. The Kier molecular flexibility index (Phi) is 2.72. The molecule has 0 spiro atoms. The lowest BCUT2D eigenvalue weighted by molar-refractivity contribution is -0.164. The van der Waals surface area contributed by atoms with Gasteiger partial charge in [-0.25, -0.2) is 0 Å². The molecule has 4 rings (SSSR count). The number of nitrogens with one attached hydrogen (secondary N) is 1. The van der Waals surface area contributed by atoms with E-state index in [0.29, 0.717) is 12.1 Å². The minimum Gasteiger partial charge on any atom is -0.469 e. The molecule has 0 aromatic heterocycles. The van der Waals surface area contributed by atoms with Crippen molar-refractivity contribution in [3.05, 3.63) is 0 Å². The van der Waals surface area contributed by atoms with E-state index in [1.807, 2.05) is 0 Å². The summed E-state index contributed by atoms with van der Waals surface area (Å²) in [5, 5.41) is 3.61. The number of carbonyl (C=O) groups excluding carboxylic acids is 1. The summed E-state index contributed by atoms with van der Waals surface area (Å²) in [5.74, 6) is 0.811. The van der Waals surface area contributed by atoms with Gasteiger partial charge >= 0.3 is 5.97 Å². The minimum absolute atomic E-state index is 0. The van der Waals surface area contributed by atoms with Crippen molar-refractivity contribution in [2.24, 2.45) is 11.3 Å². The molecule has 1 N–H and O–H groups in total. The Morgan fingerprint density at radius 3 is 2.33 bits per heavy atom. The summed E-state index contributed by atoms with van der Waals surface area (Å²) in [5.41, 5.74) is -0.115. The second kappa shape index (κ2) is 3.63. The van der Waals surface area contributed by atoms with E-state index in [-0.39, 0.29) is 23.8 Å². The average Bonchev–Trinajstić information content (AvgIpc) is 2.14. The molecule has 2 aliphatic carbocycles. The molecule has 4 aliphatic rings. The van der Waals surface area contributed by atoms with Crippen LogP contribution >= 0.6 is 12.4 Å². The smallest absolute Gasteiger partial charge is 0.311 e. The molecule has 0 aromatic carbocycles. The van der Waals surface area contributed by atoms with Gasteiger partial charge in [-0.15, -0.1) is 12.4 Å². The van der Waals surface area contributed by atoms with Gasteiger partial charge in [-0.1, -0.05) is 0 Å². The number of hydrogen-bond donors (Lipinski definition) is 1. The third-order valence-corrected chi connectivity index (χ3v) is 4.28. The fourth-order valence-electron chi connectivity index (χ4n) is 4.03. The summed E-state index contributed by atoms with van der Waals surface area (Å²) in [7, 11) is 1.52. The van der Waals surface area contributed by atoms with Crippen molar-refractivity contribution in [2.75, 3.05) is 7.11 Å². The Balaban J connectivity index is 0.000000853. The molecule has 86 valence electrons. The number of hydrogen-bond acceptors (Lipinski definition) is 3. The predicted octanol–water partition coefficient (Wildman–Crippen LogP) is 1.50. The molecule has 0 aromatic rings. The van der Waals surface area contributed by atoms with Crippen LogP contribution in [0.2, 0.25) is 0 Å². The zero-order valence-corrected chi connectivity index (χ0v) is 9.81. The van der Waals surface area contributed by atoms with Crippen LogP contribution in [-0.4, -0.2) is 25.2 Å². The van der Waals surface area contributed by atoms with Crippen LogP contribution in [0.4, 0.5) is 0 Å². The second-order valence-corrected chi connectivity index (χ2v) is 5.28. The maximum absolute atomic E-state index is 11.8. The maximum Gasteiger partial charge on any atom is 0.311 e. The molecule has 2 heterocycles. The predicted molar refractivity (Wildman–Crippen MR) is 59.0 cm³/mol. The van der Waals surface area contributed by atoms with E-state index in [2.05, 4.69) is 5.32 Å². The summed E-state index contributed by atoms with van der Waals surface area (Å²) < 4.78 is 4.97. The minimum atomic E-state index is -0.115. The van der Waals surface area contributed by atoms with Gasteiger partial charge in [0.25, 0.3) is 0 Å². The molecule has 2 unspecified atom stereocenters. The molecule has 0 radical (unpaired) electrons. The lowest BCUT2D eigenvalue weighted by Crippen LogP contribution is -2.62. The first kappa shape index (κ1) is 11.2. The van der Waals surface area contributed by atoms with Gasteiger partial charge in [0.2, 0.25) is 0 Å². The van der Waals surface area contributed by atoms with Gasteiger partial charge < -0.3 is 10.1 Å². The topological polar surface area (TPSA) is 38.3 Å². The largest absolute Gasteiger partial charge is 0.469 e. The van der Waals surface area contributed by atoms with E-state index < -0.39 is 0 Å². The summed E-state index contributed by atoms with van der Waals surface area (Å²) in [6.45, 7) is 0. The Morgan fingerprint density at radius 1 is 1.27 bits per heavy atom. The van der Waals surface area contributed by atoms with Crippen molar-refractivity contribution in [3.8, 4) is 0 Å². The Hall–Kier alpha value is -0.280. The molecule has 3 nitrogen and oxygen atoms in total. The first-order chi connectivity index (χ1) is 6.72. The Bertz CT molecular complexity index is 244. The highest BCUT2D eigenvalue weighted by Gasteiger charge is 2.55. The van der Waals surface area contributed by atoms with Gasteiger partial charge in [0.05, 0.1) is 12.5 Å². The van der Waals surface area contributed by atoms with Crippen LogP contribution in [0, 0.1) is 11.3 Å². The molecule has 2 aliphatic heterocycles. The molecule has 4 heteroatoms. The van der Waals surface area contributed by atoms with Crippen LogP contribution in [0.25, 0.3) is 0 Å². The van der Waals surface area contributed by atoms with Gasteiger partial charge in [-0.3, -0.25) is 4.79 Å². The number of ether oxygens (including phenoxy) is 1. The molecule has 4 atom stereocenters. The van der Waals surface area contributed by atoms with E-state index in [4.69, 9.17) is 4.74 Å². The molecule has 4 bridgehead atoms. The normalized spacial score (nSPS) is 46.1. The average molecular weight is 232 g/mol. The van der Waals surface area contributed by atoms with Gasteiger partial charge in [0.15, 0.2) is 0 Å². The molecule has 2 saturated heterocycles. The van der Waals surface area contributed by atoms with E-state index in [1.54, 1.807) is 0 Å². The maximum atomic E-state index is 11.8. The quantitative estimate of drug-likeness (QED) is 0.696. The summed E-state index contributed by atoms with van der Waals surface area (Å²) in [4.78, 5) is 11.8. The van der Waals surface area contributed by atoms with Crippen LogP contribution in [0.15, 0.2) is 0 Å². The zero-order valence-electron chi connectivity index (χ0n) is 8.99. The van der Waals surface area contributed by atoms with Crippen LogP contribution < -0.4 is 5.32 Å². The fourth-order valence-corrected chi connectivity index (χ4v) is 4.03. The fraction of sp³-hybridized carbons (Fsp3) is 0.909. The highest BCUT2D eigenvalue weighted by molar-refractivity contribution is 5.85. The second-order valence-electron chi connectivity index (χ2n) is 5.28. The van der Waals surface area contributed by atoms with Crippen molar-refractivity contribution in [2.45, 2.75) is 44.2 Å². The molecule has 2 saturated carbocycles. The number of rotatable bonds is 1. The van der Waals surface area contributed by atoms with Crippen molar-refractivity contribution in [1.82, 2.24) is 5.32 Å². The van der Waals surface area contributed by atoms with Crippen molar-refractivity contribution in [3.63, 3.8) is 0 Å². The standard InChI is InChI=1S/C11H17NO2.ClH/c1-14-10(13)11-4-7-2-8(5-11)12-9(3-7)6-11;/h7-9,12H,2-6H2,1H3;1H/t7?,8-,9+,11?;. The van der Waals surface area contributed by atoms with E-state index in [9.17, 15) is 4.79 Å². The van der Waals surface area contributed by atoms with Crippen LogP contribution in [0.3, 0.4) is 0 Å². The molecule has 0 amide bonds. The highest BCUT2D eigenvalue weighted by atomic mass is 35.5. The molecular formula is C11H18ClNO2. The number of halogens is 1. The molecule has 15 heavy (non-hydrogen) atoms. The lowest BCUT2D eigenvalue weighted by Gasteiger charge is -2.55. The van der Waals surface area contributed by atoms with E-state index in [0.717, 1.165) is 25.2 Å². The third-order valence-electron chi connectivity index (χ3n) is 4.28. The van der Waals surface area contributed by atoms with Crippen LogP contribution in [-0.2, 0) is 9.53 Å². The van der Waals surface area contributed by atoms with Gasteiger partial charge in [-0.2, -0.15) is 0 Å². The van der Waals surface area contributed by atoms with Crippen LogP contribution in [0.5, 0.6) is 0 Å². The van der Waals surface area contributed by atoms with Gasteiger partial charge in [-0.05, 0) is 38.0 Å². The summed E-state index contributed by atoms with van der Waals surface area (Å²) in [6, 6.07) is 1.17. The third kappa shape index (κ3) is 1.56. The molecule has 4 fully saturated rings. The van der Waals surface area contributed by atoms with Crippen molar-refractivity contribution >= 4 is 18.4 Å². The first-order valence-corrected chi connectivity index (χ1v) is 5.56. The van der Waals surface area contributed by atoms with E-state index in [1.165, 1.54) is 20.0 Å².